The van der Waals surface area contributed by atoms with Gasteiger partial charge in [0.15, 0.2) is 0 Å². The molecule has 0 fully saturated rings. The van der Waals surface area contributed by atoms with Crippen LogP contribution in [0.15, 0.2) is 228 Å². The van der Waals surface area contributed by atoms with Crippen molar-refractivity contribution in [2.75, 3.05) is 13.2 Å². The first-order chi connectivity index (χ1) is 44.8. The van der Waals surface area contributed by atoms with Crippen LogP contribution in [-0.4, -0.2) is 37.1 Å². The van der Waals surface area contributed by atoms with Gasteiger partial charge in [0, 0.05) is 0 Å². The Morgan fingerprint density at radius 2 is 0.580 bits per heavy atom. The van der Waals surface area contributed by atoms with Gasteiger partial charge in [-0.3, -0.25) is 9.13 Å². The zero-order valence-corrected chi connectivity index (χ0v) is 64.6. The molecule has 0 spiro atoms. The quantitative estimate of drug-likeness (QED) is 0.0682. The predicted molar refractivity (Wildman–Crippen MR) is 373 cm³/mol. The first-order valence-electron chi connectivity index (χ1n) is 30.0. The maximum atomic E-state index is 10.0. The zero-order chi connectivity index (χ0) is 74.2. The van der Waals surface area contributed by atoms with E-state index in [1.54, 1.807) is 0 Å². The fraction of sp³-hybridized carbons (Fsp3) is 0.265. The van der Waals surface area contributed by atoms with Crippen molar-refractivity contribution in [3.63, 3.8) is 0 Å². The Labute approximate surface area is 601 Å². The number of hydrogen-bond donors (Lipinski definition) is 0. The van der Waals surface area contributed by atoms with E-state index >= 15 is 0 Å². The Morgan fingerprint density at radius 3 is 0.770 bits per heavy atom. The van der Waals surface area contributed by atoms with Crippen LogP contribution < -0.4 is 41.6 Å². The van der Waals surface area contributed by atoms with Crippen LogP contribution in [0.2, 0.25) is 0 Å². The van der Waals surface area contributed by atoms with E-state index in [9.17, 15) is 67.2 Å². The Hall–Kier alpha value is -5.07. The maximum absolute atomic E-state index is 10.7. The minimum Gasteiger partial charge on any atom is -0.749 e. The molecule has 100 heavy (non-hydrogen) atoms. The smallest absolute Gasteiger partial charge is 0.749 e. The molecule has 8 aromatic carbocycles. The van der Waals surface area contributed by atoms with Gasteiger partial charge in [-0.1, -0.05) is 212 Å². The summed E-state index contributed by atoms with van der Waals surface area (Å²) in [7, 11) is -35.4. The van der Waals surface area contributed by atoms with Gasteiger partial charge in [0.1, 0.15) is 45.0 Å². The molecule has 32 heteroatoms. The molecule has 0 amide bonds. The number of aryl methyl sites for hydroxylation is 2. The molecule has 0 saturated heterocycles. The molecule has 0 N–H and O–H groups in total. The van der Waals surface area contributed by atoms with Crippen molar-refractivity contribution in [2.45, 2.75) is 93.2 Å². The van der Waals surface area contributed by atoms with E-state index < -0.39 is 47.4 Å². The number of rotatable bonds is 12. The van der Waals surface area contributed by atoms with Gasteiger partial charge in [-0.2, -0.15) is 16.8 Å². The van der Waals surface area contributed by atoms with E-state index in [4.69, 9.17) is 38.4 Å². The summed E-state index contributed by atoms with van der Waals surface area (Å²) < 4.78 is 187. The largest absolute Gasteiger partial charge is 2.00 e. The summed E-state index contributed by atoms with van der Waals surface area (Å²) in [5.74, 6) is 3.89. The molecule has 10 rings (SSSR count). The fourth-order valence-electron chi connectivity index (χ4n) is 8.81. The van der Waals surface area contributed by atoms with Gasteiger partial charge in [0.2, 0.25) is 11.8 Å². The van der Waals surface area contributed by atoms with Gasteiger partial charge in [-0.05, 0) is 121 Å². The molecule has 0 saturated carbocycles. The van der Waals surface area contributed by atoms with Crippen molar-refractivity contribution in [2.24, 2.45) is 21.8 Å². The molecule has 2 heterocycles. The van der Waals surface area contributed by atoms with Crippen molar-refractivity contribution >= 4 is 91.1 Å². The SMILES string of the molecule is CC(C)[C@H]1COC(c2ccccc2[PH+](c2ccccc2)c2ccccc2)=N1.CC(C)[C@H]1COC(c2ccccc2[PH+](c2ccccc2)c2ccccc2)=N1.Cc1ccc(C(C)C)cc1.Cc1ccc(C(C)C)cc1.F[P-](F)(F)(F)(F)F.F[P-](F)(F)(F)(F)F.O=P([O-])(F)F.O=P([O-])(F)F.[Ru+2].[Ru+2]. The first-order valence-corrected chi connectivity index (χ1v) is 39.9. The van der Waals surface area contributed by atoms with Crippen molar-refractivity contribution in [1.82, 2.24) is 0 Å². The molecule has 8 aromatic rings. The van der Waals surface area contributed by atoms with Gasteiger partial charge >= 0.3 is 121 Å². The summed E-state index contributed by atoms with van der Waals surface area (Å²) in [5, 5.41) is 8.17. The Kier molecular flexibility index (Phi) is 35.9. The van der Waals surface area contributed by atoms with E-state index in [0.717, 1.165) is 22.9 Å². The number of benzene rings is 8. The van der Waals surface area contributed by atoms with Crippen molar-refractivity contribution in [3.05, 3.63) is 252 Å². The van der Waals surface area contributed by atoms with Gasteiger partial charge in [-0.15, -0.1) is 0 Å². The van der Waals surface area contributed by atoms with E-state index in [2.05, 4.69) is 288 Å². The van der Waals surface area contributed by atoms with Crippen LogP contribution >= 0.6 is 47.4 Å². The summed E-state index contributed by atoms with van der Waals surface area (Å²) in [6.45, 7) is 23.3. The molecule has 0 aromatic heterocycles. The molecule has 8 nitrogen and oxygen atoms in total. The van der Waals surface area contributed by atoms with Crippen molar-refractivity contribution < 1.29 is 134 Å². The van der Waals surface area contributed by atoms with Gasteiger partial charge in [-0.25, -0.2) is 9.98 Å². The summed E-state index contributed by atoms with van der Waals surface area (Å²) in [6, 6.07) is 78.5. The van der Waals surface area contributed by atoms with Gasteiger partial charge in [0.25, 0.3) is 0 Å². The number of ether oxygens (including phenoxy) is 2. The standard InChI is InChI=1S/2C24H24NOP.2C10H14.2F6P.2F2HO2P.2Ru/c2*1-18(2)22-17-26-24(25-22)21-15-9-10-16-23(21)27(19-11-5-3-6-12-19)20-13-7-4-8-14-20;2*1-8(2)10-6-4-9(3)5-7-10;2*1-7(2,3,4,5)6;2*1-5(2,3)4;;/h2*3-16,18,22H,17H2,1-2H3;2*4-8H,1-3H3;;;2*(H,3,4);;/q;;;;2*-1;;;2*+2/t2*22-;;;;;;;;/m11......../s1. The fourth-order valence-corrected chi connectivity index (χ4v) is 14.3. The summed E-state index contributed by atoms with van der Waals surface area (Å²) in [5.41, 5.74) is 7.80. The molecular formula is C68H78F16N2O6P6Ru2+2. The predicted octanol–water partition coefficient (Wildman–Crippen LogP) is 21.7. The number of hydrogen-bond acceptors (Lipinski definition) is 8. The molecule has 2 atom stereocenters. The van der Waals surface area contributed by atoms with E-state index in [-0.39, 0.29) is 51.0 Å². The van der Waals surface area contributed by atoms with E-state index in [1.165, 1.54) is 54.1 Å². The third kappa shape index (κ3) is 43.1. The van der Waals surface area contributed by atoms with Crippen molar-refractivity contribution in [3.8, 4) is 0 Å². The number of aliphatic imine (C=N–C) groups is 2. The number of nitrogens with zero attached hydrogens (tertiary/aromatic N) is 2. The molecule has 0 unspecified atom stereocenters. The second-order valence-corrected chi connectivity index (χ2v) is 33.7. The van der Waals surface area contributed by atoms with Crippen LogP contribution in [0.1, 0.15) is 101 Å². The van der Waals surface area contributed by atoms with Crippen LogP contribution in [0.3, 0.4) is 0 Å². The van der Waals surface area contributed by atoms with E-state index in [1.807, 2.05) is 0 Å². The molecule has 2 aliphatic rings. The first kappa shape index (κ1) is 92.9. The summed E-state index contributed by atoms with van der Waals surface area (Å²) in [4.78, 5) is 26.5. The van der Waals surface area contributed by atoms with E-state index in [0.29, 0.717) is 36.9 Å². The Morgan fingerprint density at radius 1 is 0.380 bits per heavy atom. The van der Waals surface area contributed by atoms with Crippen LogP contribution in [-0.2, 0) is 57.6 Å². The van der Waals surface area contributed by atoms with Crippen LogP contribution in [0.4, 0.5) is 67.2 Å². The topological polar surface area (TPSA) is 123 Å². The molecule has 0 radical (unpaired) electrons. The van der Waals surface area contributed by atoms with Crippen LogP contribution in [0.25, 0.3) is 0 Å². The molecular weight excluding hydrogens is 1630 g/mol. The maximum Gasteiger partial charge on any atom is 2.00 e. The van der Waals surface area contributed by atoms with Crippen LogP contribution in [0, 0.1) is 25.7 Å². The summed E-state index contributed by atoms with van der Waals surface area (Å²) >= 11 is 0. The van der Waals surface area contributed by atoms with Crippen molar-refractivity contribution in [1.29, 1.82) is 0 Å². The average Bonchev–Trinajstić information content (AvgIpc) is 1.73. The minimum atomic E-state index is -10.7. The molecule has 0 bridgehead atoms. The van der Waals surface area contributed by atoms with Crippen LogP contribution in [0.5, 0.6) is 0 Å². The monoisotopic (exact) mass is 1710 g/mol. The number of halogens is 16. The third-order valence-corrected chi connectivity index (χ3v) is 19.1. The second kappa shape index (κ2) is 38.6. The zero-order valence-electron chi connectivity index (χ0n) is 55.6. The second-order valence-electron chi connectivity index (χ2n) is 23.3. The molecule has 0 aliphatic carbocycles. The van der Waals surface area contributed by atoms with Gasteiger partial charge < -0.3 is 19.3 Å². The Bertz CT molecular complexity index is 3520. The van der Waals surface area contributed by atoms with Gasteiger partial charge in [0.05, 0.1) is 39.1 Å². The minimum absolute atomic E-state index is 0. The average molecular weight is 1710 g/mol. The molecule has 2 aliphatic heterocycles. The third-order valence-electron chi connectivity index (χ3n) is 13.5. The Balaban J connectivity index is 0.000000629. The molecule has 552 valence electrons. The summed E-state index contributed by atoms with van der Waals surface area (Å²) in [6.07, 6.45) is 0. The normalized spacial score (nSPS) is 15.4.